The van der Waals surface area contributed by atoms with Crippen molar-refractivity contribution in [3.63, 3.8) is 0 Å². The van der Waals surface area contributed by atoms with E-state index in [4.69, 9.17) is 0 Å². The topological polar surface area (TPSA) is 39.3 Å². The van der Waals surface area contributed by atoms with E-state index in [9.17, 15) is 4.79 Å². The highest BCUT2D eigenvalue weighted by Gasteiger charge is 2.26. The smallest absolute Gasteiger partial charge is 0.210 e. The molecule has 4 heteroatoms. The second kappa shape index (κ2) is 4.94. The molecule has 0 saturated carbocycles. The van der Waals surface area contributed by atoms with Crippen LogP contribution in [0.5, 0.6) is 0 Å². The lowest BCUT2D eigenvalue weighted by atomic mass is 10.1. The maximum Gasteiger partial charge on any atom is 0.210 e. The average Bonchev–Trinajstić information content (AvgIpc) is 2.88. The van der Waals surface area contributed by atoms with E-state index < -0.39 is 0 Å². The van der Waals surface area contributed by atoms with Crippen molar-refractivity contribution in [3.05, 3.63) is 35.0 Å². The summed E-state index contributed by atoms with van der Waals surface area (Å²) in [6.07, 6.45) is 0.973. The van der Waals surface area contributed by atoms with Crippen LogP contribution in [0.15, 0.2) is 18.2 Å². The minimum atomic E-state index is 0.123. The van der Waals surface area contributed by atoms with Crippen LogP contribution in [0.3, 0.4) is 0 Å². The molecule has 106 valence electrons. The van der Waals surface area contributed by atoms with Crippen molar-refractivity contribution in [1.82, 2.24) is 14.8 Å². The number of piperazine rings is 1. The van der Waals surface area contributed by atoms with Gasteiger partial charge in [0.15, 0.2) is 0 Å². The maximum atomic E-state index is 11.3. The van der Waals surface area contributed by atoms with Gasteiger partial charge in [-0.2, -0.15) is 0 Å². The predicted octanol–water partition coefficient (Wildman–Crippen LogP) is 2.23. The van der Waals surface area contributed by atoms with E-state index in [1.807, 2.05) is 4.90 Å². The van der Waals surface area contributed by atoms with E-state index in [-0.39, 0.29) is 6.04 Å². The molecule has 1 unspecified atom stereocenters. The van der Waals surface area contributed by atoms with Crippen molar-refractivity contribution in [3.8, 4) is 0 Å². The molecule has 1 aromatic carbocycles. The molecule has 0 spiro atoms. The molecule has 3 rings (SSSR count). The first-order valence-electron chi connectivity index (χ1n) is 7.08. The molecule has 1 N–H and O–H groups in total. The number of carbonyl (C=O) groups excluding carboxylic acids is 1. The van der Waals surface area contributed by atoms with Crippen LogP contribution in [-0.4, -0.2) is 47.9 Å². The highest BCUT2D eigenvalue weighted by Crippen LogP contribution is 2.28. The van der Waals surface area contributed by atoms with E-state index >= 15 is 0 Å². The van der Waals surface area contributed by atoms with Crippen LogP contribution in [-0.2, 0) is 4.79 Å². The first kappa shape index (κ1) is 13.2. The number of rotatable bonds is 2. The Morgan fingerprint density at radius 2 is 2.10 bits per heavy atom. The Balaban J connectivity index is 2.04. The molecule has 1 aliphatic rings. The van der Waals surface area contributed by atoms with Crippen LogP contribution >= 0.6 is 0 Å². The van der Waals surface area contributed by atoms with Crippen LogP contribution in [0.4, 0.5) is 0 Å². The SMILES string of the molecule is Cc1ccc2cc(C3CN(C)CCN3C=O)[nH]c2c1C. The van der Waals surface area contributed by atoms with Crippen molar-refractivity contribution in [1.29, 1.82) is 0 Å². The molecule has 0 aliphatic carbocycles. The lowest BCUT2D eigenvalue weighted by Crippen LogP contribution is -2.46. The predicted molar refractivity (Wildman–Crippen MR) is 80.8 cm³/mol. The Kier molecular flexibility index (Phi) is 3.26. The number of hydrogen-bond donors (Lipinski definition) is 1. The fraction of sp³-hybridized carbons (Fsp3) is 0.438. The zero-order chi connectivity index (χ0) is 14.3. The van der Waals surface area contributed by atoms with Crippen molar-refractivity contribution in [2.45, 2.75) is 19.9 Å². The summed E-state index contributed by atoms with van der Waals surface area (Å²) in [4.78, 5) is 19.0. The summed E-state index contributed by atoms with van der Waals surface area (Å²) in [7, 11) is 2.10. The van der Waals surface area contributed by atoms with Gasteiger partial charge in [0.25, 0.3) is 0 Å². The van der Waals surface area contributed by atoms with Crippen LogP contribution in [0.25, 0.3) is 10.9 Å². The molecule has 1 atom stereocenters. The fourth-order valence-electron chi connectivity index (χ4n) is 2.99. The summed E-state index contributed by atoms with van der Waals surface area (Å²) < 4.78 is 0. The molecular weight excluding hydrogens is 250 g/mol. The van der Waals surface area contributed by atoms with Gasteiger partial charge in [0.1, 0.15) is 0 Å². The first-order chi connectivity index (χ1) is 9.60. The molecule has 1 amide bonds. The van der Waals surface area contributed by atoms with Crippen LogP contribution < -0.4 is 0 Å². The van der Waals surface area contributed by atoms with Gasteiger partial charge in [-0.15, -0.1) is 0 Å². The van der Waals surface area contributed by atoms with Gasteiger partial charge in [0.05, 0.1) is 6.04 Å². The average molecular weight is 271 g/mol. The molecule has 20 heavy (non-hydrogen) atoms. The molecule has 2 aromatic rings. The minimum absolute atomic E-state index is 0.123. The molecule has 1 fully saturated rings. The van der Waals surface area contributed by atoms with Crippen molar-refractivity contribution in [2.24, 2.45) is 0 Å². The number of amides is 1. The van der Waals surface area contributed by atoms with Gasteiger partial charge in [-0.1, -0.05) is 12.1 Å². The number of nitrogens with zero attached hydrogens (tertiary/aromatic N) is 2. The van der Waals surface area contributed by atoms with E-state index in [1.54, 1.807) is 0 Å². The Labute approximate surface area is 119 Å². The highest BCUT2D eigenvalue weighted by atomic mass is 16.1. The van der Waals surface area contributed by atoms with Gasteiger partial charge < -0.3 is 14.8 Å². The summed E-state index contributed by atoms with van der Waals surface area (Å²) in [5.41, 5.74) is 4.90. The zero-order valence-electron chi connectivity index (χ0n) is 12.3. The number of nitrogens with one attached hydrogen (secondary N) is 1. The van der Waals surface area contributed by atoms with E-state index in [0.717, 1.165) is 31.7 Å². The van der Waals surface area contributed by atoms with Gasteiger partial charge in [-0.05, 0) is 38.1 Å². The van der Waals surface area contributed by atoms with E-state index in [0.29, 0.717) is 0 Å². The summed E-state index contributed by atoms with van der Waals surface area (Å²) in [5, 5.41) is 1.22. The number of fused-ring (bicyclic) bond motifs is 1. The molecule has 4 nitrogen and oxygen atoms in total. The number of aromatic nitrogens is 1. The molecule has 1 aliphatic heterocycles. The Morgan fingerprint density at radius 3 is 2.85 bits per heavy atom. The fourth-order valence-corrected chi connectivity index (χ4v) is 2.99. The number of hydrogen-bond acceptors (Lipinski definition) is 2. The lowest BCUT2D eigenvalue weighted by Gasteiger charge is -2.37. The van der Waals surface area contributed by atoms with Crippen molar-refractivity contribution >= 4 is 17.3 Å². The van der Waals surface area contributed by atoms with Crippen molar-refractivity contribution < 1.29 is 4.79 Å². The molecule has 2 heterocycles. The van der Waals surface area contributed by atoms with Crippen LogP contribution in [0, 0.1) is 13.8 Å². The lowest BCUT2D eigenvalue weighted by molar-refractivity contribution is -0.122. The monoisotopic (exact) mass is 271 g/mol. The summed E-state index contributed by atoms with van der Waals surface area (Å²) in [6.45, 7) is 6.87. The van der Waals surface area contributed by atoms with Gasteiger partial charge >= 0.3 is 0 Å². The Bertz CT molecular complexity index is 646. The molecule has 1 saturated heterocycles. The van der Waals surface area contributed by atoms with Gasteiger partial charge in [-0.3, -0.25) is 4.79 Å². The van der Waals surface area contributed by atoms with Crippen LogP contribution in [0.2, 0.25) is 0 Å². The zero-order valence-corrected chi connectivity index (χ0v) is 12.3. The number of aryl methyl sites for hydroxylation is 2. The molecule has 0 bridgehead atoms. The molecule has 1 aromatic heterocycles. The van der Waals surface area contributed by atoms with Gasteiger partial charge in [0, 0.05) is 36.2 Å². The Hall–Kier alpha value is -1.81. The van der Waals surface area contributed by atoms with Crippen molar-refractivity contribution in [2.75, 3.05) is 26.7 Å². The summed E-state index contributed by atoms with van der Waals surface area (Å²) in [6, 6.07) is 6.61. The number of H-pyrrole nitrogens is 1. The third-order valence-electron chi connectivity index (χ3n) is 4.47. The van der Waals surface area contributed by atoms with Crippen LogP contribution in [0.1, 0.15) is 22.9 Å². The quantitative estimate of drug-likeness (QED) is 0.851. The number of carbonyl (C=O) groups is 1. The molecular formula is C16H21N3O. The normalized spacial score (nSPS) is 20.6. The third kappa shape index (κ3) is 2.10. The highest BCUT2D eigenvalue weighted by molar-refractivity contribution is 5.84. The van der Waals surface area contributed by atoms with E-state index in [1.165, 1.54) is 22.0 Å². The maximum absolute atomic E-state index is 11.3. The standard InChI is InChI=1S/C16H21N3O/c1-11-4-5-13-8-14(17-16(13)12(11)2)15-9-18(3)6-7-19(15)10-20/h4-5,8,10,15,17H,6-7,9H2,1-3H3. The van der Waals surface area contributed by atoms with Gasteiger partial charge in [0.2, 0.25) is 6.41 Å². The largest absolute Gasteiger partial charge is 0.356 e. The summed E-state index contributed by atoms with van der Waals surface area (Å²) in [5.74, 6) is 0. The second-order valence-electron chi connectivity index (χ2n) is 5.82. The molecule has 0 radical (unpaired) electrons. The second-order valence-corrected chi connectivity index (χ2v) is 5.82. The minimum Gasteiger partial charge on any atom is -0.356 e. The number of likely N-dealkylation sites (N-methyl/N-ethyl adjacent to an activating group) is 1. The third-order valence-corrected chi connectivity index (χ3v) is 4.47. The first-order valence-corrected chi connectivity index (χ1v) is 7.08. The van der Waals surface area contributed by atoms with Gasteiger partial charge in [-0.25, -0.2) is 0 Å². The summed E-state index contributed by atoms with van der Waals surface area (Å²) >= 11 is 0. The number of aromatic amines is 1. The van der Waals surface area contributed by atoms with E-state index in [2.05, 4.69) is 49.0 Å². The number of benzene rings is 1. The Morgan fingerprint density at radius 1 is 1.30 bits per heavy atom.